The molecule has 0 fully saturated rings. The molecule has 6 heteroatoms. The molecule has 5 nitrogen and oxygen atoms in total. The van der Waals surface area contributed by atoms with Crippen molar-refractivity contribution in [3.05, 3.63) is 62.1 Å². The average Bonchev–Trinajstić information content (AvgIpc) is 2.37. The van der Waals surface area contributed by atoms with Crippen molar-refractivity contribution in [3.63, 3.8) is 0 Å². The second kappa shape index (κ2) is 5.72. The van der Waals surface area contributed by atoms with Crippen LogP contribution >= 0.6 is 15.9 Å². The fraction of sp³-hybridized carbons (Fsp3) is 0.0714. The maximum absolute atomic E-state index is 10.8. The molecule has 0 heterocycles. The Morgan fingerprint density at radius 2 is 2.00 bits per heavy atom. The smallest absolute Gasteiger partial charge is 0.287 e. The predicted octanol–water partition coefficient (Wildman–Crippen LogP) is 4.28. The van der Waals surface area contributed by atoms with Crippen LogP contribution in [0.15, 0.2) is 40.9 Å². The number of rotatable bonds is 3. The Kier molecular flexibility index (Phi) is 4.01. The highest BCUT2D eigenvalue weighted by Gasteiger charge is 2.13. The van der Waals surface area contributed by atoms with Gasteiger partial charge in [-0.3, -0.25) is 10.1 Å². The predicted molar refractivity (Wildman–Crippen MR) is 80.0 cm³/mol. The van der Waals surface area contributed by atoms with Gasteiger partial charge in [0, 0.05) is 21.9 Å². The number of hydrogen-bond donors (Lipinski definition) is 1. The van der Waals surface area contributed by atoms with Crippen molar-refractivity contribution in [2.24, 2.45) is 0 Å². The first kappa shape index (κ1) is 14.0. The van der Waals surface area contributed by atoms with E-state index in [1.165, 1.54) is 12.1 Å². The Morgan fingerprint density at radius 1 is 1.25 bits per heavy atom. The van der Waals surface area contributed by atoms with E-state index in [1.807, 2.05) is 31.2 Å². The molecule has 20 heavy (non-hydrogen) atoms. The molecule has 0 aliphatic carbocycles. The minimum absolute atomic E-state index is 0.0340. The molecule has 0 aliphatic rings. The van der Waals surface area contributed by atoms with Crippen molar-refractivity contribution >= 4 is 33.0 Å². The zero-order chi connectivity index (χ0) is 14.7. The summed E-state index contributed by atoms with van der Waals surface area (Å²) in [6.45, 7) is 1.96. The van der Waals surface area contributed by atoms with Crippen LogP contribution in [0.1, 0.15) is 11.1 Å². The Bertz CT molecular complexity index is 703. The van der Waals surface area contributed by atoms with Crippen LogP contribution in [0.25, 0.3) is 0 Å². The molecule has 0 aromatic heterocycles. The summed E-state index contributed by atoms with van der Waals surface area (Å²) in [4.78, 5) is 10.2. The van der Waals surface area contributed by atoms with Crippen molar-refractivity contribution in [2.45, 2.75) is 6.92 Å². The number of halogens is 1. The third-order valence-electron chi connectivity index (χ3n) is 2.64. The standard InChI is InChI=1S/C14H10BrN3O2/c1-9-4-11(15)7-13(5-9)17-12-2-3-14(18(19)20)10(6-12)8-16/h2-7,17H,1H3. The van der Waals surface area contributed by atoms with Crippen LogP contribution < -0.4 is 5.32 Å². The van der Waals surface area contributed by atoms with E-state index in [0.717, 1.165) is 15.7 Å². The van der Waals surface area contributed by atoms with E-state index in [0.29, 0.717) is 5.69 Å². The van der Waals surface area contributed by atoms with Gasteiger partial charge in [-0.1, -0.05) is 15.9 Å². The van der Waals surface area contributed by atoms with Crippen molar-refractivity contribution in [2.75, 3.05) is 5.32 Å². The maximum atomic E-state index is 10.8. The molecule has 0 saturated carbocycles. The summed E-state index contributed by atoms with van der Waals surface area (Å²) < 4.78 is 0.933. The van der Waals surface area contributed by atoms with E-state index in [2.05, 4.69) is 21.2 Å². The van der Waals surface area contributed by atoms with Gasteiger partial charge in [0.15, 0.2) is 0 Å². The number of nitrogens with one attached hydrogen (secondary N) is 1. The number of benzene rings is 2. The molecule has 0 spiro atoms. The number of nitrogens with zero attached hydrogens (tertiary/aromatic N) is 2. The number of hydrogen-bond acceptors (Lipinski definition) is 4. The highest BCUT2D eigenvalue weighted by atomic mass is 79.9. The molecular formula is C14H10BrN3O2. The third kappa shape index (κ3) is 3.13. The van der Waals surface area contributed by atoms with E-state index in [4.69, 9.17) is 5.26 Å². The van der Waals surface area contributed by atoms with Gasteiger partial charge < -0.3 is 5.32 Å². The molecule has 2 rings (SSSR count). The van der Waals surface area contributed by atoms with Crippen LogP contribution in [-0.2, 0) is 0 Å². The molecule has 0 unspecified atom stereocenters. The molecule has 2 aromatic rings. The van der Waals surface area contributed by atoms with Gasteiger partial charge in [0.05, 0.1) is 4.92 Å². The second-order valence-electron chi connectivity index (χ2n) is 4.24. The molecule has 0 saturated heterocycles. The molecule has 0 atom stereocenters. The zero-order valence-corrected chi connectivity index (χ0v) is 12.1. The van der Waals surface area contributed by atoms with Gasteiger partial charge in [0.25, 0.3) is 5.69 Å². The molecular weight excluding hydrogens is 322 g/mol. The van der Waals surface area contributed by atoms with Crippen molar-refractivity contribution in [1.29, 1.82) is 5.26 Å². The van der Waals surface area contributed by atoms with E-state index >= 15 is 0 Å². The normalized spacial score (nSPS) is 9.85. The van der Waals surface area contributed by atoms with Gasteiger partial charge in [0.1, 0.15) is 11.6 Å². The maximum Gasteiger partial charge on any atom is 0.287 e. The highest BCUT2D eigenvalue weighted by molar-refractivity contribution is 9.10. The zero-order valence-electron chi connectivity index (χ0n) is 10.6. The van der Waals surface area contributed by atoms with E-state index < -0.39 is 4.92 Å². The Labute approximate surface area is 124 Å². The molecule has 2 aromatic carbocycles. The largest absolute Gasteiger partial charge is 0.355 e. The number of nitriles is 1. The van der Waals surface area contributed by atoms with Crippen LogP contribution in [0.4, 0.5) is 17.1 Å². The van der Waals surface area contributed by atoms with Crippen molar-refractivity contribution in [3.8, 4) is 6.07 Å². The first-order valence-electron chi connectivity index (χ1n) is 5.72. The Hall–Kier alpha value is -2.39. The second-order valence-corrected chi connectivity index (χ2v) is 5.16. The van der Waals surface area contributed by atoms with Crippen molar-refractivity contribution in [1.82, 2.24) is 0 Å². The fourth-order valence-corrected chi connectivity index (χ4v) is 2.45. The lowest BCUT2D eigenvalue weighted by atomic mass is 10.1. The van der Waals surface area contributed by atoms with Crippen LogP contribution in [0, 0.1) is 28.4 Å². The van der Waals surface area contributed by atoms with Gasteiger partial charge in [-0.2, -0.15) is 5.26 Å². The first-order chi connectivity index (χ1) is 9.49. The molecule has 100 valence electrons. The lowest BCUT2D eigenvalue weighted by Crippen LogP contribution is -1.95. The van der Waals surface area contributed by atoms with E-state index in [1.54, 1.807) is 6.07 Å². The molecule has 1 N–H and O–H groups in total. The SMILES string of the molecule is Cc1cc(Br)cc(Nc2ccc([N+](=O)[O-])c(C#N)c2)c1. The minimum Gasteiger partial charge on any atom is -0.355 e. The van der Waals surface area contributed by atoms with Gasteiger partial charge >= 0.3 is 0 Å². The van der Waals surface area contributed by atoms with E-state index in [-0.39, 0.29) is 11.3 Å². The molecule has 0 radical (unpaired) electrons. The third-order valence-corrected chi connectivity index (χ3v) is 3.10. The average molecular weight is 332 g/mol. The molecule has 0 amide bonds. The summed E-state index contributed by atoms with van der Waals surface area (Å²) in [7, 11) is 0. The van der Waals surface area contributed by atoms with Crippen LogP contribution in [0.5, 0.6) is 0 Å². The number of nitro benzene ring substituents is 1. The number of aryl methyl sites for hydroxylation is 1. The molecule has 0 bridgehead atoms. The van der Waals surface area contributed by atoms with Gasteiger partial charge in [-0.25, -0.2) is 0 Å². The van der Waals surface area contributed by atoms with Crippen LogP contribution in [-0.4, -0.2) is 4.92 Å². The monoisotopic (exact) mass is 331 g/mol. The minimum atomic E-state index is -0.564. The summed E-state index contributed by atoms with van der Waals surface area (Å²) in [5, 5.41) is 22.8. The van der Waals surface area contributed by atoms with Gasteiger partial charge in [-0.05, 0) is 42.8 Å². The van der Waals surface area contributed by atoms with Gasteiger partial charge in [-0.15, -0.1) is 0 Å². The van der Waals surface area contributed by atoms with Crippen LogP contribution in [0.2, 0.25) is 0 Å². The Morgan fingerprint density at radius 3 is 2.60 bits per heavy atom. The quantitative estimate of drug-likeness (QED) is 0.672. The van der Waals surface area contributed by atoms with Crippen LogP contribution in [0.3, 0.4) is 0 Å². The first-order valence-corrected chi connectivity index (χ1v) is 6.51. The topological polar surface area (TPSA) is 79.0 Å². The summed E-state index contributed by atoms with van der Waals surface area (Å²) in [6, 6.07) is 12.0. The summed E-state index contributed by atoms with van der Waals surface area (Å²) in [5.74, 6) is 0. The summed E-state index contributed by atoms with van der Waals surface area (Å²) >= 11 is 3.40. The molecule has 0 aliphatic heterocycles. The van der Waals surface area contributed by atoms with Crippen molar-refractivity contribution < 1.29 is 4.92 Å². The summed E-state index contributed by atoms with van der Waals surface area (Å²) in [5.41, 5.74) is 2.39. The number of anilines is 2. The lowest BCUT2D eigenvalue weighted by Gasteiger charge is -2.08. The lowest BCUT2D eigenvalue weighted by molar-refractivity contribution is -0.385. The number of nitro groups is 1. The highest BCUT2D eigenvalue weighted by Crippen LogP contribution is 2.26. The fourth-order valence-electron chi connectivity index (χ4n) is 1.84. The Balaban J connectivity index is 2.35. The van der Waals surface area contributed by atoms with E-state index in [9.17, 15) is 10.1 Å². The van der Waals surface area contributed by atoms with Gasteiger partial charge in [0.2, 0.25) is 0 Å². The summed E-state index contributed by atoms with van der Waals surface area (Å²) in [6.07, 6.45) is 0.